The molecule has 21 heavy (non-hydrogen) atoms. The summed E-state index contributed by atoms with van der Waals surface area (Å²) in [5.74, 6) is -0.729. The number of aromatic amines is 1. The Bertz CT molecular complexity index is 743. The SMILES string of the molecule is O=C(Nc1ccc(C(F)(F)F)[nH]c1=O)c1ccncc1Cl. The van der Waals surface area contributed by atoms with Crippen molar-refractivity contribution in [2.24, 2.45) is 0 Å². The van der Waals surface area contributed by atoms with Gasteiger partial charge in [-0.2, -0.15) is 13.2 Å². The van der Waals surface area contributed by atoms with Crippen molar-refractivity contribution in [3.05, 3.63) is 57.2 Å². The van der Waals surface area contributed by atoms with Crippen LogP contribution in [0.3, 0.4) is 0 Å². The number of hydrogen-bond acceptors (Lipinski definition) is 3. The number of anilines is 1. The van der Waals surface area contributed by atoms with Crippen LogP contribution in [0.4, 0.5) is 18.9 Å². The third-order valence-electron chi connectivity index (χ3n) is 2.48. The monoisotopic (exact) mass is 317 g/mol. The van der Waals surface area contributed by atoms with Crippen LogP contribution in [0, 0.1) is 0 Å². The second-order valence-corrected chi connectivity index (χ2v) is 4.33. The van der Waals surface area contributed by atoms with Gasteiger partial charge in [-0.3, -0.25) is 14.6 Å². The predicted octanol–water partition coefficient (Wildman–Crippen LogP) is 2.69. The maximum absolute atomic E-state index is 12.4. The zero-order chi connectivity index (χ0) is 15.6. The zero-order valence-electron chi connectivity index (χ0n) is 10.2. The number of amides is 1. The van der Waals surface area contributed by atoms with Gasteiger partial charge < -0.3 is 10.3 Å². The molecule has 0 saturated heterocycles. The molecular weight excluding hydrogens is 311 g/mol. The van der Waals surface area contributed by atoms with Crippen LogP contribution in [0.25, 0.3) is 0 Å². The molecule has 2 heterocycles. The van der Waals surface area contributed by atoms with Crippen LogP contribution in [-0.4, -0.2) is 15.9 Å². The second kappa shape index (κ2) is 5.57. The third-order valence-corrected chi connectivity index (χ3v) is 2.78. The van der Waals surface area contributed by atoms with Crippen molar-refractivity contribution in [2.75, 3.05) is 5.32 Å². The van der Waals surface area contributed by atoms with E-state index < -0.39 is 23.3 Å². The van der Waals surface area contributed by atoms with Crippen molar-refractivity contribution in [2.45, 2.75) is 6.18 Å². The molecule has 2 aromatic rings. The zero-order valence-corrected chi connectivity index (χ0v) is 10.9. The maximum atomic E-state index is 12.4. The summed E-state index contributed by atoms with van der Waals surface area (Å²) < 4.78 is 37.2. The summed E-state index contributed by atoms with van der Waals surface area (Å²) in [6.45, 7) is 0. The van der Waals surface area contributed by atoms with Gasteiger partial charge in [-0.1, -0.05) is 11.6 Å². The lowest BCUT2D eigenvalue weighted by Gasteiger charge is -2.08. The van der Waals surface area contributed by atoms with Gasteiger partial charge in [0.2, 0.25) is 0 Å². The normalized spacial score (nSPS) is 11.2. The largest absolute Gasteiger partial charge is 0.431 e. The Hall–Kier alpha value is -2.35. The summed E-state index contributed by atoms with van der Waals surface area (Å²) >= 11 is 5.75. The third kappa shape index (κ3) is 3.40. The fourth-order valence-corrected chi connectivity index (χ4v) is 1.69. The lowest BCUT2D eigenvalue weighted by Crippen LogP contribution is -2.22. The number of alkyl halides is 3. The van der Waals surface area contributed by atoms with Crippen molar-refractivity contribution < 1.29 is 18.0 Å². The number of rotatable bonds is 2. The highest BCUT2D eigenvalue weighted by atomic mass is 35.5. The van der Waals surface area contributed by atoms with Crippen molar-refractivity contribution >= 4 is 23.2 Å². The van der Waals surface area contributed by atoms with Gasteiger partial charge in [0.05, 0.1) is 10.6 Å². The molecule has 0 aliphatic carbocycles. The van der Waals surface area contributed by atoms with Crippen LogP contribution < -0.4 is 10.9 Å². The number of H-pyrrole nitrogens is 1. The summed E-state index contributed by atoms with van der Waals surface area (Å²) in [5.41, 5.74) is -2.54. The van der Waals surface area contributed by atoms with E-state index in [2.05, 4.69) is 10.3 Å². The van der Waals surface area contributed by atoms with E-state index in [4.69, 9.17) is 11.6 Å². The number of aromatic nitrogens is 2. The van der Waals surface area contributed by atoms with E-state index >= 15 is 0 Å². The second-order valence-electron chi connectivity index (χ2n) is 3.92. The first-order valence-electron chi connectivity index (χ1n) is 5.50. The van der Waals surface area contributed by atoms with Crippen LogP contribution in [-0.2, 0) is 6.18 Å². The molecule has 0 saturated carbocycles. The minimum absolute atomic E-state index is 0.0472. The van der Waals surface area contributed by atoms with E-state index in [1.54, 1.807) is 4.98 Å². The van der Waals surface area contributed by atoms with E-state index in [9.17, 15) is 22.8 Å². The highest BCUT2D eigenvalue weighted by Crippen LogP contribution is 2.26. The molecule has 9 heteroatoms. The Morgan fingerprint density at radius 2 is 2.00 bits per heavy atom. The summed E-state index contributed by atoms with van der Waals surface area (Å²) in [4.78, 5) is 28.7. The molecule has 2 aromatic heterocycles. The summed E-state index contributed by atoms with van der Waals surface area (Å²) in [6, 6.07) is 2.84. The van der Waals surface area contributed by atoms with Gasteiger partial charge in [0.15, 0.2) is 0 Å². The van der Waals surface area contributed by atoms with Crippen LogP contribution in [0.1, 0.15) is 16.1 Å². The van der Waals surface area contributed by atoms with Crippen molar-refractivity contribution in [1.82, 2.24) is 9.97 Å². The summed E-state index contributed by atoms with van der Waals surface area (Å²) in [6.07, 6.45) is -2.12. The Kier molecular flexibility index (Phi) is 3.99. The molecule has 0 aliphatic heterocycles. The van der Waals surface area contributed by atoms with Crippen LogP contribution in [0.15, 0.2) is 35.4 Å². The molecule has 0 aromatic carbocycles. The first-order valence-corrected chi connectivity index (χ1v) is 5.88. The van der Waals surface area contributed by atoms with Gasteiger partial charge in [-0.05, 0) is 18.2 Å². The van der Waals surface area contributed by atoms with Gasteiger partial charge in [-0.25, -0.2) is 0 Å². The van der Waals surface area contributed by atoms with Gasteiger partial charge >= 0.3 is 6.18 Å². The lowest BCUT2D eigenvalue weighted by atomic mass is 10.2. The first kappa shape index (κ1) is 15.0. The highest BCUT2D eigenvalue weighted by molar-refractivity contribution is 6.34. The molecule has 0 atom stereocenters. The molecule has 0 unspecified atom stereocenters. The fourth-order valence-electron chi connectivity index (χ4n) is 1.49. The minimum atomic E-state index is -4.67. The molecular formula is C12H7ClF3N3O2. The van der Waals surface area contributed by atoms with E-state index in [0.29, 0.717) is 6.07 Å². The Morgan fingerprint density at radius 1 is 1.29 bits per heavy atom. The average Bonchev–Trinajstić information content (AvgIpc) is 2.40. The quantitative estimate of drug-likeness (QED) is 0.894. The number of nitrogens with zero attached hydrogens (tertiary/aromatic N) is 1. The average molecular weight is 318 g/mol. The maximum Gasteiger partial charge on any atom is 0.431 e. The molecule has 5 nitrogen and oxygen atoms in total. The number of pyridine rings is 2. The number of hydrogen-bond donors (Lipinski definition) is 2. The van der Waals surface area contributed by atoms with Gasteiger partial charge in [0.1, 0.15) is 11.4 Å². The van der Waals surface area contributed by atoms with Gasteiger partial charge in [-0.15, -0.1) is 0 Å². The summed E-state index contributed by atoms with van der Waals surface area (Å²) in [5, 5.41) is 2.24. The molecule has 0 fully saturated rings. The number of nitrogens with one attached hydrogen (secondary N) is 2. The van der Waals surface area contributed by atoms with Gasteiger partial charge in [0, 0.05) is 12.4 Å². The van der Waals surface area contributed by atoms with Crippen LogP contribution >= 0.6 is 11.6 Å². The van der Waals surface area contributed by atoms with Crippen molar-refractivity contribution in [3.63, 3.8) is 0 Å². The molecule has 1 amide bonds. The Morgan fingerprint density at radius 3 is 2.57 bits per heavy atom. The molecule has 0 bridgehead atoms. The molecule has 2 N–H and O–H groups in total. The molecule has 0 radical (unpaired) electrons. The minimum Gasteiger partial charge on any atom is -0.317 e. The Balaban J connectivity index is 2.27. The van der Waals surface area contributed by atoms with Crippen molar-refractivity contribution in [1.29, 1.82) is 0 Å². The smallest absolute Gasteiger partial charge is 0.317 e. The van der Waals surface area contributed by atoms with Gasteiger partial charge in [0.25, 0.3) is 11.5 Å². The van der Waals surface area contributed by atoms with Crippen LogP contribution in [0.5, 0.6) is 0 Å². The number of halogens is 4. The highest BCUT2D eigenvalue weighted by Gasteiger charge is 2.32. The Labute approximate surface area is 120 Å². The summed E-state index contributed by atoms with van der Waals surface area (Å²) in [7, 11) is 0. The topological polar surface area (TPSA) is 74.8 Å². The van der Waals surface area contributed by atoms with E-state index in [0.717, 1.165) is 6.07 Å². The molecule has 0 spiro atoms. The first-order chi connectivity index (χ1) is 9.79. The molecule has 0 aliphatic rings. The number of carbonyl (C=O) groups excluding carboxylic acids is 1. The van der Waals surface area contributed by atoms with E-state index in [1.165, 1.54) is 18.5 Å². The number of carbonyl (C=O) groups is 1. The standard InChI is InChI=1S/C12H7ClF3N3O2/c13-7-5-17-4-3-6(7)10(20)18-8-1-2-9(12(14,15)16)19-11(8)21/h1-5H,(H,18,20)(H,19,21). The molecule has 110 valence electrons. The fraction of sp³-hybridized carbons (Fsp3) is 0.0833. The van der Waals surface area contributed by atoms with Crippen molar-refractivity contribution in [3.8, 4) is 0 Å². The van der Waals surface area contributed by atoms with E-state index in [-0.39, 0.29) is 16.3 Å². The predicted molar refractivity (Wildman–Crippen MR) is 69.3 cm³/mol. The molecule has 2 rings (SSSR count). The van der Waals surface area contributed by atoms with Crippen LogP contribution in [0.2, 0.25) is 5.02 Å². The van der Waals surface area contributed by atoms with E-state index in [1.807, 2.05) is 0 Å². The lowest BCUT2D eigenvalue weighted by molar-refractivity contribution is -0.141.